The molecule has 1 amide bonds. The Morgan fingerprint density at radius 2 is 1.35 bits per heavy atom. The van der Waals surface area contributed by atoms with Crippen molar-refractivity contribution in [2.24, 2.45) is 0 Å². The number of hydrogen-bond acceptors (Lipinski definition) is 2. The first kappa shape index (κ1) is 16.2. The molecule has 0 saturated carbocycles. The van der Waals surface area contributed by atoms with E-state index in [1.165, 1.54) is 0 Å². The molecule has 0 N–H and O–H groups in total. The maximum atomic E-state index is 12.4. The van der Waals surface area contributed by atoms with Gasteiger partial charge in [-0.2, -0.15) is 0 Å². The monoisotopic (exact) mass is 348 g/mol. The summed E-state index contributed by atoms with van der Waals surface area (Å²) >= 11 is 11.8. The Bertz CT molecular complexity index is 662. The molecule has 1 aliphatic heterocycles. The van der Waals surface area contributed by atoms with Crippen LogP contribution >= 0.6 is 23.2 Å². The molecule has 3 rings (SSSR count). The van der Waals surface area contributed by atoms with Crippen LogP contribution in [0.2, 0.25) is 10.0 Å². The molecular weight excluding hydrogens is 331 g/mol. The van der Waals surface area contributed by atoms with E-state index in [1.54, 1.807) is 0 Å². The Balaban J connectivity index is 1.54. The van der Waals surface area contributed by atoms with Crippen LogP contribution in [0.3, 0.4) is 0 Å². The fourth-order valence-corrected chi connectivity index (χ4v) is 3.01. The molecule has 0 atom stereocenters. The van der Waals surface area contributed by atoms with Gasteiger partial charge in [-0.25, -0.2) is 0 Å². The van der Waals surface area contributed by atoms with Gasteiger partial charge in [-0.15, -0.1) is 0 Å². The van der Waals surface area contributed by atoms with Gasteiger partial charge in [0.25, 0.3) is 0 Å². The number of benzene rings is 2. The summed E-state index contributed by atoms with van der Waals surface area (Å²) in [6, 6.07) is 15.3. The fourth-order valence-electron chi connectivity index (χ4n) is 2.75. The lowest BCUT2D eigenvalue weighted by Gasteiger charge is -2.36. The minimum absolute atomic E-state index is 0.170. The Kier molecular flexibility index (Phi) is 5.09. The number of anilines is 1. The molecule has 0 bridgehead atoms. The van der Waals surface area contributed by atoms with Gasteiger partial charge in [0.05, 0.1) is 6.42 Å². The van der Waals surface area contributed by atoms with Crippen molar-refractivity contribution >= 4 is 34.8 Å². The zero-order valence-corrected chi connectivity index (χ0v) is 14.2. The zero-order valence-electron chi connectivity index (χ0n) is 12.7. The molecule has 0 spiro atoms. The van der Waals surface area contributed by atoms with E-state index >= 15 is 0 Å². The van der Waals surface area contributed by atoms with E-state index in [4.69, 9.17) is 23.2 Å². The molecule has 5 heteroatoms. The molecule has 1 aliphatic rings. The number of hydrogen-bond donors (Lipinski definition) is 0. The molecule has 0 aromatic heterocycles. The minimum atomic E-state index is 0.170. The molecule has 23 heavy (non-hydrogen) atoms. The van der Waals surface area contributed by atoms with Crippen LogP contribution in [0, 0.1) is 0 Å². The molecule has 0 radical (unpaired) electrons. The topological polar surface area (TPSA) is 23.6 Å². The molecule has 1 fully saturated rings. The predicted molar refractivity (Wildman–Crippen MR) is 95.4 cm³/mol. The van der Waals surface area contributed by atoms with Crippen molar-refractivity contribution < 1.29 is 4.79 Å². The van der Waals surface area contributed by atoms with Crippen molar-refractivity contribution in [3.63, 3.8) is 0 Å². The first-order valence-electron chi connectivity index (χ1n) is 7.64. The summed E-state index contributed by atoms with van der Waals surface area (Å²) in [7, 11) is 0. The second-order valence-electron chi connectivity index (χ2n) is 5.65. The summed E-state index contributed by atoms with van der Waals surface area (Å²) in [5.41, 5.74) is 2.15. The second-order valence-corrected chi connectivity index (χ2v) is 6.52. The average molecular weight is 349 g/mol. The van der Waals surface area contributed by atoms with Crippen LogP contribution < -0.4 is 4.90 Å². The predicted octanol–water partition coefficient (Wildman–Crippen LogP) is 3.88. The average Bonchev–Trinajstić information content (AvgIpc) is 2.58. The Morgan fingerprint density at radius 3 is 1.91 bits per heavy atom. The Labute approximate surface area is 146 Å². The van der Waals surface area contributed by atoms with Crippen molar-refractivity contribution in [2.45, 2.75) is 6.42 Å². The molecule has 0 unspecified atom stereocenters. The van der Waals surface area contributed by atoms with E-state index in [9.17, 15) is 4.79 Å². The fraction of sp³-hybridized carbons (Fsp3) is 0.278. The van der Waals surface area contributed by atoms with Crippen molar-refractivity contribution in [3.8, 4) is 0 Å². The summed E-state index contributed by atoms with van der Waals surface area (Å²) in [5, 5.41) is 1.43. The van der Waals surface area contributed by atoms with Crippen molar-refractivity contribution in [3.05, 3.63) is 64.1 Å². The molecular formula is C18H18Cl2N2O. The van der Waals surface area contributed by atoms with Gasteiger partial charge in [0, 0.05) is 41.9 Å². The SMILES string of the molecule is O=C(Cc1ccc(Cl)cc1)N1CCN(c2ccc(Cl)cc2)CC1. The molecule has 1 saturated heterocycles. The second kappa shape index (κ2) is 7.24. The lowest BCUT2D eigenvalue weighted by Crippen LogP contribution is -2.49. The van der Waals surface area contributed by atoms with Gasteiger partial charge >= 0.3 is 0 Å². The van der Waals surface area contributed by atoms with Gasteiger partial charge in [-0.05, 0) is 42.0 Å². The lowest BCUT2D eigenvalue weighted by molar-refractivity contribution is -0.130. The Hall–Kier alpha value is -1.71. The summed E-state index contributed by atoms with van der Waals surface area (Å²) in [5.74, 6) is 0.170. The summed E-state index contributed by atoms with van der Waals surface area (Å²) in [6.07, 6.45) is 0.429. The first-order valence-corrected chi connectivity index (χ1v) is 8.40. The van der Waals surface area contributed by atoms with Crippen LogP contribution in [0.4, 0.5) is 5.69 Å². The van der Waals surface area contributed by atoms with Crippen LogP contribution in [-0.2, 0) is 11.2 Å². The van der Waals surface area contributed by atoms with Crippen LogP contribution in [0.1, 0.15) is 5.56 Å². The maximum Gasteiger partial charge on any atom is 0.227 e. The van der Waals surface area contributed by atoms with Gasteiger partial charge < -0.3 is 9.80 Å². The number of piperazine rings is 1. The highest BCUT2D eigenvalue weighted by Gasteiger charge is 2.21. The normalized spacial score (nSPS) is 14.9. The smallest absolute Gasteiger partial charge is 0.227 e. The molecule has 2 aromatic rings. The first-order chi connectivity index (χ1) is 11.1. The van der Waals surface area contributed by atoms with Gasteiger partial charge in [0.2, 0.25) is 5.91 Å². The van der Waals surface area contributed by atoms with Crippen LogP contribution in [0.5, 0.6) is 0 Å². The highest BCUT2D eigenvalue weighted by molar-refractivity contribution is 6.30. The largest absolute Gasteiger partial charge is 0.368 e. The van der Waals surface area contributed by atoms with E-state index in [-0.39, 0.29) is 5.91 Å². The zero-order chi connectivity index (χ0) is 16.2. The number of halogens is 2. The van der Waals surface area contributed by atoms with Crippen LogP contribution in [-0.4, -0.2) is 37.0 Å². The Morgan fingerprint density at radius 1 is 0.826 bits per heavy atom. The van der Waals surface area contributed by atoms with E-state index in [0.29, 0.717) is 11.4 Å². The van der Waals surface area contributed by atoms with E-state index < -0.39 is 0 Å². The van der Waals surface area contributed by atoms with E-state index in [0.717, 1.165) is 42.5 Å². The van der Waals surface area contributed by atoms with Crippen LogP contribution in [0.25, 0.3) is 0 Å². The van der Waals surface area contributed by atoms with Gasteiger partial charge in [-0.3, -0.25) is 4.79 Å². The highest BCUT2D eigenvalue weighted by Crippen LogP contribution is 2.20. The number of rotatable bonds is 3. The third-order valence-electron chi connectivity index (χ3n) is 4.09. The molecule has 1 heterocycles. The van der Waals surface area contributed by atoms with Gasteiger partial charge in [-0.1, -0.05) is 35.3 Å². The van der Waals surface area contributed by atoms with E-state index in [1.807, 2.05) is 53.4 Å². The summed E-state index contributed by atoms with van der Waals surface area (Å²) in [6.45, 7) is 3.17. The maximum absolute atomic E-state index is 12.4. The van der Waals surface area contributed by atoms with Crippen molar-refractivity contribution in [1.82, 2.24) is 4.90 Å². The van der Waals surface area contributed by atoms with Gasteiger partial charge in [0.15, 0.2) is 0 Å². The molecule has 2 aromatic carbocycles. The summed E-state index contributed by atoms with van der Waals surface area (Å²) in [4.78, 5) is 16.6. The molecule has 3 nitrogen and oxygen atoms in total. The number of carbonyl (C=O) groups is 1. The molecule has 120 valence electrons. The quantitative estimate of drug-likeness (QED) is 0.840. The lowest BCUT2D eigenvalue weighted by atomic mass is 10.1. The van der Waals surface area contributed by atoms with Crippen molar-refractivity contribution in [2.75, 3.05) is 31.1 Å². The number of carbonyl (C=O) groups excluding carboxylic acids is 1. The van der Waals surface area contributed by atoms with Crippen molar-refractivity contribution in [1.29, 1.82) is 0 Å². The minimum Gasteiger partial charge on any atom is -0.368 e. The summed E-state index contributed by atoms with van der Waals surface area (Å²) < 4.78 is 0. The van der Waals surface area contributed by atoms with E-state index in [2.05, 4.69) is 4.90 Å². The third-order valence-corrected chi connectivity index (χ3v) is 4.60. The number of amides is 1. The highest BCUT2D eigenvalue weighted by atomic mass is 35.5. The third kappa shape index (κ3) is 4.18. The van der Waals surface area contributed by atoms with Gasteiger partial charge in [0.1, 0.15) is 0 Å². The standard InChI is InChI=1S/C18H18Cl2N2O/c19-15-3-1-14(2-4-15)13-18(23)22-11-9-21(10-12-22)17-7-5-16(20)6-8-17/h1-8H,9-13H2. The molecule has 0 aliphatic carbocycles. The number of nitrogens with zero attached hydrogens (tertiary/aromatic N) is 2. The van der Waals surface area contributed by atoms with Crippen LogP contribution in [0.15, 0.2) is 48.5 Å².